The first kappa shape index (κ1) is 22.0. The van der Waals surface area contributed by atoms with Gasteiger partial charge in [-0.25, -0.2) is 0 Å². The molecule has 0 atom stereocenters. The minimum absolute atomic E-state index is 0.00605. The van der Waals surface area contributed by atoms with Gasteiger partial charge < -0.3 is 17.3 Å². The molecule has 0 amide bonds. The fraction of sp³-hybridized carbons (Fsp3) is 0.368. The number of unbranched alkanes of at least 4 members (excludes halogenated alkanes) is 4. The molecule has 0 aromatic heterocycles. The molecule has 0 spiro atoms. The van der Waals surface area contributed by atoms with Crippen molar-refractivity contribution in [1.82, 2.24) is 0 Å². The summed E-state index contributed by atoms with van der Waals surface area (Å²) >= 11 is -0.00605. The molecule has 2 aromatic rings. The third-order valence-corrected chi connectivity index (χ3v) is 6.12. The molecule has 0 bridgehead atoms. The first-order valence-corrected chi connectivity index (χ1v) is 10.7. The van der Waals surface area contributed by atoms with Gasteiger partial charge >= 0.3 is 28.5 Å². The summed E-state index contributed by atoms with van der Waals surface area (Å²) in [5.41, 5.74) is 1.50. The van der Waals surface area contributed by atoms with Crippen LogP contribution in [0.1, 0.15) is 44.6 Å². The lowest BCUT2D eigenvalue weighted by Gasteiger charge is -2.00. The second-order valence-corrected chi connectivity index (χ2v) is 8.71. The number of hydrogen-bond donors (Lipinski definition) is 0. The van der Waals surface area contributed by atoms with Crippen LogP contribution < -0.4 is 21.2 Å². The van der Waals surface area contributed by atoms with Crippen LogP contribution in [-0.4, -0.2) is 7.25 Å². The molecule has 0 saturated carbocycles. The topological polar surface area (TPSA) is 0 Å². The monoisotopic (exact) mass is 466 g/mol. The summed E-state index contributed by atoms with van der Waals surface area (Å²) in [7, 11) is -6.00. The quantitative estimate of drug-likeness (QED) is 0.242. The Morgan fingerprint density at radius 1 is 0.720 bits per heavy atom. The van der Waals surface area contributed by atoms with Gasteiger partial charge in [-0.3, -0.25) is 0 Å². The summed E-state index contributed by atoms with van der Waals surface area (Å²) in [6.07, 6.45) is 8.08. The maximum absolute atomic E-state index is 9.75. The maximum atomic E-state index is 9.75. The van der Waals surface area contributed by atoms with E-state index < -0.39 is 7.25 Å². The number of benzene rings is 2. The van der Waals surface area contributed by atoms with Gasteiger partial charge in [0.05, 0.1) is 0 Å². The predicted molar refractivity (Wildman–Crippen MR) is 92.9 cm³/mol. The van der Waals surface area contributed by atoms with Gasteiger partial charge in [0.15, 0.2) is 7.14 Å². The van der Waals surface area contributed by atoms with E-state index in [-0.39, 0.29) is 21.2 Å². The highest BCUT2D eigenvalue weighted by atomic mass is 127. The third kappa shape index (κ3) is 12.9. The zero-order chi connectivity index (χ0) is 18.5. The molecular weight excluding hydrogens is 442 g/mol. The van der Waals surface area contributed by atoms with Crippen LogP contribution >= 0.6 is 0 Å². The van der Waals surface area contributed by atoms with Gasteiger partial charge in [0.1, 0.15) is 0 Å². The van der Waals surface area contributed by atoms with E-state index >= 15 is 0 Å². The second-order valence-electron chi connectivity index (χ2n) is 5.68. The van der Waals surface area contributed by atoms with E-state index in [0.29, 0.717) is 0 Å². The molecule has 0 aliphatic heterocycles. The summed E-state index contributed by atoms with van der Waals surface area (Å²) in [4.78, 5) is 0. The summed E-state index contributed by atoms with van der Waals surface area (Å²) < 4.78 is 42.0. The normalized spacial score (nSPS) is 10.9. The highest BCUT2D eigenvalue weighted by Gasteiger charge is 2.20. The van der Waals surface area contributed by atoms with E-state index in [4.69, 9.17) is 0 Å². The Labute approximate surface area is 158 Å². The van der Waals surface area contributed by atoms with Crippen molar-refractivity contribution in [2.75, 3.05) is 0 Å². The van der Waals surface area contributed by atoms with Gasteiger partial charge in [-0.1, -0.05) is 62.9 Å². The minimum Gasteiger partial charge on any atom is -0.418 e. The Bertz CT molecular complexity index is 564. The van der Waals surface area contributed by atoms with Crippen LogP contribution in [0, 0.1) is 7.14 Å². The lowest BCUT2D eigenvalue weighted by atomic mass is 10.1. The summed E-state index contributed by atoms with van der Waals surface area (Å²) in [6, 6.07) is 20.2. The first-order chi connectivity index (χ1) is 11.9. The molecule has 138 valence electrons. The molecule has 0 unspecified atom stereocenters. The number of aryl methyl sites for hydroxylation is 1. The molecule has 25 heavy (non-hydrogen) atoms. The summed E-state index contributed by atoms with van der Waals surface area (Å²) in [5, 5.41) is 0. The van der Waals surface area contributed by atoms with Gasteiger partial charge in [-0.05, 0) is 42.7 Å². The summed E-state index contributed by atoms with van der Waals surface area (Å²) in [6.45, 7) is 2.27. The largest absolute Gasteiger partial charge is 0.673 e. The Balaban J connectivity index is 0.000000550. The van der Waals surface area contributed by atoms with Crippen molar-refractivity contribution in [3.8, 4) is 0 Å². The van der Waals surface area contributed by atoms with Crippen molar-refractivity contribution in [2.45, 2.75) is 45.4 Å². The Hall–Kier alpha value is -1.05. The van der Waals surface area contributed by atoms with Crippen LogP contribution in [0.15, 0.2) is 54.6 Å². The van der Waals surface area contributed by atoms with Crippen LogP contribution in [-0.2, 0) is 6.42 Å². The van der Waals surface area contributed by atoms with Gasteiger partial charge in [0.25, 0.3) is 0 Å². The van der Waals surface area contributed by atoms with E-state index in [2.05, 4.69) is 61.5 Å². The van der Waals surface area contributed by atoms with Crippen molar-refractivity contribution >= 4 is 7.25 Å². The van der Waals surface area contributed by atoms with E-state index in [1.54, 1.807) is 0 Å². The fourth-order valence-corrected chi connectivity index (χ4v) is 4.46. The summed E-state index contributed by atoms with van der Waals surface area (Å²) in [5.74, 6) is 0. The van der Waals surface area contributed by atoms with E-state index in [0.717, 1.165) is 0 Å². The molecule has 0 fully saturated rings. The lowest BCUT2D eigenvalue weighted by Crippen LogP contribution is -3.61. The first-order valence-electron chi connectivity index (χ1n) is 8.54. The average molecular weight is 466 g/mol. The van der Waals surface area contributed by atoms with E-state index in [9.17, 15) is 17.3 Å². The Kier molecular flexibility index (Phi) is 10.8. The molecule has 0 radical (unpaired) electrons. The number of rotatable bonds is 8. The van der Waals surface area contributed by atoms with Gasteiger partial charge in [-0.2, -0.15) is 0 Å². The zero-order valence-electron chi connectivity index (χ0n) is 14.4. The molecule has 2 aromatic carbocycles. The fourth-order valence-electron chi connectivity index (χ4n) is 2.25. The van der Waals surface area contributed by atoms with Crippen molar-refractivity contribution in [2.24, 2.45) is 0 Å². The molecule has 0 aliphatic rings. The number of hydrogen-bond acceptors (Lipinski definition) is 0. The van der Waals surface area contributed by atoms with Crippen molar-refractivity contribution in [3.63, 3.8) is 0 Å². The Morgan fingerprint density at radius 3 is 1.80 bits per heavy atom. The van der Waals surface area contributed by atoms with E-state index in [1.807, 2.05) is 0 Å². The standard InChI is InChI=1S/C19H24I.BF4/c1-2-3-4-5-7-10-17-13-15-19(16-14-17)20-18-11-8-6-9-12-18;2-1(3,4)5/h6,8-9,11-16H,2-5,7,10H2,1H3;/q+1;-1. The van der Waals surface area contributed by atoms with Gasteiger partial charge in [0, 0.05) is 0 Å². The number of halogens is 5. The smallest absolute Gasteiger partial charge is 0.418 e. The highest BCUT2D eigenvalue weighted by molar-refractivity contribution is 6.50. The SMILES string of the molecule is CCCCCCCc1ccc([I+]c2ccccc2)cc1.F[B-](F)(F)F. The van der Waals surface area contributed by atoms with E-state index in [1.165, 1.54) is 51.2 Å². The van der Waals surface area contributed by atoms with Crippen LogP contribution in [0.3, 0.4) is 0 Å². The lowest BCUT2D eigenvalue weighted by molar-refractivity contribution is -0.597. The average Bonchev–Trinajstić information content (AvgIpc) is 2.56. The molecule has 2 rings (SSSR count). The minimum atomic E-state index is -6.00. The van der Waals surface area contributed by atoms with Crippen LogP contribution in [0.2, 0.25) is 0 Å². The van der Waals surface area contributed by atoms with Crippen molar-refractivity contribution in [3.05, 3.63) is 67.3 Å². The predicted octanol–water partition coefficient (Wildman–Crippen LogP) is 3.63. The molecule has 0 nitrogen and oxygen atoms in total. The van der Waals surface area contributed by atoms with Crippen LogP contribution in [0.5, 0.6) is 0 Å². The maximum Gasteiger partial charge on any atom is 0.673 e. The second kappa shape index (κ2) is 12.3. The van der Waals surface area contributed by atoms with Crippen LogP contribution in [0.25, 0.3) is 0 Å². The Morgan fingerprint density at radius 2 is 1.24 bits per heavy atom. The molecule has 0 saturated heterocycles. The van der Waals surface area contributed by atoms with Crippen LogP contribution in [0.4, 0.5) is 17.3 Å². The third-order valence-electron chi connectivity index (χ3n) is 3.43. The highest BCUT2D eigenvalue weighted by Crippen LogP contribution is 2.08. The van der Waals surface area contributed by atoms with Crippen molar-refractivity contribution < 1.29 is 38.5 Å². The van der Waals surface area contributed by atoms with Gasteiger partial charge in [-0.15, -0.1) is 0 Å². The molecule has 0 N–H and O–H groups in total. The molecule has 0 aliphatic carbocycles. The van der Waals surface area contributed by atoms with Crippen molar-refractivity contribution in [1.29, 1.82) is 0 Å². The zero-order valence-corrected chi connectivity index (χ0v) is 16.6. The molecule has 6 heteroatoms. The molecular formula is C19H24BF4I. The van der Waals surface area contributed by atoms with Gasteiger partial charge in [0.2, 0.25) is 0 Å². The molecule has 0 heterocycles.